The third-order valence-electron chi connectivity index (χ3n) is 6.74. The van der Waals surface area contributed by atoms with Crippen LogP contribution in [-0.4, -0.2) is 42.1 Å². The number of rotatable bonds is 10. The number of carboxylic acids is 1. The van der Waals surface area contributed by atoms with Gasteiger partial charge >= 0.3 is 12.3 Å². The van der Waals surface area contributed by atoms with Crippen molar-refractivity contribution in [3.63, 3.8) is 0 Å². The number of hydrogen-bond acceptors (Lipinski definition) is 7. The van der Waals surface area contributed by atoms with E-state index in [-0.39, 0.29) is 18.2 Å². The Morgan fingerprint density at radius 2 is 1.60 bits per heavy atom. The van der Waals surface area contributed by atoms with Gasteiger partial charge in [0.1, 0.15) is 22.9 Å². The molecule has 0 radical (unpaired) electrons. The van der Waals surface area contributed by atoms with E-state index in [0.717, 1.165) is 37.2 Å². The van der Waals surface area contributed by atoms with Crippen molar-refractivity contribution in [1.82, 2.24) is 4.98 Å². The number of aromatic nitrogens is 1. The number of aliphatic carboxylic acids is 1. The summed E-state index contributed by atoms with van der Waals surface area (Å²) in [5.41, 5.74) is 3.64. The summed E-state index contributed by atoms with van der Waals surface area (Å²) in [6.45, 7) is 3.31. The molecule has 42 heavy (non-hydrogen) atoms. The van der Waals surface area contributed by atoms with E-state index < -0.39 is 18.9 Å². The number of hydrogen-bond donors (Lipinski definition) is 1. The quantitative estimate of drug-likeness (QED) is 0.209. The average Bonchev–Trinajstić information content (AvgIpc) is 3.40. The first-order valence-corrected chi connectivity index (χ1v) is 13.4. The van der Waals surface area contributed by atoms with Crippen molar-refractivity contribution in [2.75, 3.05) is 24.6 Å². The van der Waals surface area contributed by atoms with Crippen molar-refractivity contribution in [2.45, 2.75) is 39.2 Å². The van der Waals surface area contributed by atoms with E-state index >= 15 is 0 Å². The second-order valence-corrected chi connectivity index (χ2v) is 9.85. The lowest BCUT2D eigenvalue weighted by Gasteiger charge is -2.28. The Balaban J connectivity index is 1.39. The summed E-state index contributed by atoms with van der Waals surface area (Å²) in [6.07, 6.45) is -1.25. The van der Waals surface area contributed by atoms with Gasteiger partial charge in [-0.15, -0.1) is 13.2 Å². The molecule has 0 spiro atoms. The summed E-state index contributed by atoms with van der Waals surface area (Å²) in [4.78, 5) is 17.8. The number of halogens is 3. The van der Waals surface area contributed by atoms with E-state index in [0.29, 0.717) is 34.1 Å². The maximum absolute atomic E-state index is 12.7. The van der Waals surface area contributed by atoms with Gasteiger partial charge in [-0.3, -0.25) is 0 Å². The van der Waals surface area contributed by atoms with Gasteiger partial charge in [0.25, 0.3) is 0 Å². The molecule has 11 heteroatoms. The molecule has 1 saturated heterocycles. The van der Waals surface area contributed by atoms with Gasteiger partial charge in [0.2, 0.25) is 5.89 Å². The van der Waals surface area contributed by atoms with Gasteiger partial charge in [-0.25, -0.2) is 9.78 Å². The van der Waals surface area contributed by atoms with Gasteiger partial charge in [0.15, 0.2) is 19.0 Å². The van der Waals surface area contributed by atoms with Gasteiger partial charge in [-0.1, -0.05) is 12.1 Å². The molecule has 0 bridgehead atoms. The first kappa shape index (κ1) is 28.8. The monoisotopic (exact) mass is 582 g/mol. The highest BCUT2D eigenvalue weighted by atomic mass is 19.4. The van der Waals surface area contributed by atoms with Crippen LogP contribution in [0.4, 0.5) is 18.9 Å². The maximum Gasteiger partial charge on any atom is 0.573 e. The minimum Gasteiger partial charge on any atom is -0.484 e. The molecule has 220 valence electrons. The third-order valence-corrected chi connectivity index (χ3v) is 6.74. The van der Waals surface area contributed by atoms with Gasteiger partial charge in [0, 0.05) is 29.9 Å². The van der Waals surface area contributed by atoms with Gasteiger partial charge in [0.05, 0.1) is 0 Å². The third kappa shape index (κ3) is 7.34. The molecule has 1 fully saturated rings. The number of oxazole rings is 1. The smallest absolute Gasteiger partial charge is 0.484 e. The Morgan fingerprint density at radius 1 is 0.929 bits per heavy atom. The molecular formula is C31H29F3N2O6. The van der Waals surface area contributed by atoms with Crippen LogP contribution in [0.15, 0.2) is 71.1 Å². The zero-order valence-corrected chi connectivity index (χ0v) is 22.8. The Morgan fingerprint density at radius 3 is 2.24 bits per heavy atom. The van der Waals surface area contributed by atoms with Crippen molar-refractivity contribution in [1.29, 1.82) is 0 Å². The predicted molar refractivity (Wildman–Crippen MR) is 149 cm³/mol. The Kier molecular flexibility index (Phi) is 8.56. The van der Waals surface area contributed by atoms with Crippen LogP contribution < -0.4 is 19.1 Å². The molecule has 4 aromatic rings. The molecule has 1 aliphatic heterocycles. The molecule has 0 unspecified atom stereocenters. The zero-order valence-electron chi connectivity index (χ0n) is 22.8. The highest BCUT2D eigenvalue weighted by Gasteiger charge is 2.31. The fraction of sp³-hybridized carbons (Fsp3) is 0.290. The summed E-state index contributed by atoms with van der Waals surface area (Å²) in [6, 6.07) is 18.4. The lowest BCUT2D eigenvalue weighted by Crippen LogP contribution is -2.29. The minimum absolute atomic E-state index is 0.0249. The lowest BCUT2D eigenvalue weighted by atomic mass is 10.0. The molecule has 0 saturated carbocycles. The average molecular weight is 583 g/mol. The van der Waals surface area contributed by atoms with Crippen LogP contribution >= 0.6 is 0 Å². The fourth-order valence-corrected chi connectivity index (χ4v) is 4.77. The molecule has 0 atom stereocenters. The van der Waals surface area contributed by atoms with Gasteiger partial charge in [-0.2, -0.15) is 0 Å². The van der Waals surface area contributed by atoms with Crippen molar-refractivity contribution < 1.29 is 41.7 Å². The number of anilines is 1. The number of benzene rings is 3. The standard InChI is InChI=1S/C31H29F3N2O6/c1-20-17-25(13-14-26(20)40-19-28(37)38)39-18-27-35-29(21-5-9-23(10-6-21)36-15-3-2-4-16-36)30(41-27)22-7-11-24(12-8-22)42-31(32,33)34/h5-14,17H,2-4,15-16,18-19H2,1H3,(H,37,38). The molecule has 0 aliphatic carbocycles. The van der Waals surface area contributed by atoms with E-state index in [4.69, 9.17) is 19.0 Å². The number of aryl methyl sites for hydroxylation is 1. The van der Waals surface area contributed by atoms with Crippen LogP contribution in [0.25, 0.3) is 22.6 Å². The summed E-state index contributed by atoms with van der Waals surface area (Å²) >= 11 is 0. The van der Waals surface area contributed by atoms with E-state index in [1.165, 1.54) is 30.7 Å². The molecule has 3 aromatic carbocycles. The number of carbonyl (C=O) groups is 1. The molecule has 0 amide bonds. The predicted octanol–water partition coefficient (Wildman–Crippen LogP) is 7.25. The van der Waals surface area contributed by atoms with Gasteiger partial charge in [-0.05, 0) is 86.3 Å². The fourth-order valence-electron chi connectivity index (χ4n) is 4.77. The van der Waals surface area contributed by atoms with Crippen molar-refractivity contribution in [3.8, 4) is 39.8 Å². The number of nitrogens with zero attached hydrogens (tertiary/aromatic N) is 2. The minimum atomic E-state index is -4.79. The number of piperidine rings is 1. The van der Waals surface area contributed by atoms with Crippen LogP contribution in [0.2, 0.25) is 0 Å². The summed E-state index contributed by atoms with van der Waals surface area (Å²) in [5, 5.41) is 8.83. The molecular weight excluding hydrogens is 553 g/mol. The second kappa shape index (κ2) is 12.5. The van der Waals surface area contributed by atoms with Crippen LogP contribution in [0.3, 0.4) is 0 Å². The van der Waals surface area contributed by atoms with Crippen molar-refractivity contribution in [3.05, 3.63) is 78.2 Å². The highest BCUT2D eigenvalue weighted by molar-refractivity contribution is 5.78. The molecule has 1 aromatic heterocycles. The number of ether oxygens (including phenoxy) is 3. The van der Waals surface area contributed by atoms with Crippen LogP contribution in [0.1, 0.15) is 30.7 Å². The van der Waals surface area contributed by atoms with E-state index in [1.54, 1.807) is 25.1 Å². The largest absolute Gasteiger partial charge is 0.573 e. The summed E-state index contributed by atoms with van der Waals surface area (Å²) < 4.78 is 59.2. The Hall–Kier alpha value is -4.67. The van der Waals surface area contributed by atoms with Crippen molar-refractivity contribution >= 4 is 11.7 Å². The molecule has 1 aliphatic rings. The molecule has 8 nitrogen and oxygen atoms in total. The zero-order chi connectivity index (χ0) is 29.7. The normalized spacial score (nSPS) is 13.6. The van der Waals surface area contributed by atoms with Gasteiger partial charge < -0.3 is 28.6 Å². The van der Waals surface area contributed by atoms with Crippen LogP contribution in [-0.2, 0) is 11.4 Å². The molecule has 2 heterocycles. The van der Waals surface area contributed by atoms with E-state index in [9.17, 15) is 18.0 Å². The topological polar surface area (TPSA) is 94.3 Å². The Bertz CT molecular complexity index is 1510. The number of carboxylic acid groups (broad SMARTS) is 1. The van der Waals surface area contributed by atoms with Crippen LogP contribution in [0.5, 0.6) is 17.2 Å². The first-order chi connectivity index (χ1) is 20.1. The highest BCUT2D eigenvalue weighted by Crippen LogP contribution is 2.36. The Labute approximate surface area is 240 Å². The second-order valence-electron chi connectivity index (χ2n) is 9.85. The summed E-state index contributed by atoms with van der Waals surface area (Å²) in [7, 11) is 0. The van der Waals surface area contributed by atoms with E-state index in [1.807, 2.05) is 24.3 Å². The van der Waals surface area contributed by atoms with Crippen molar-refractivity contribution in [2.24, 2.45) is 0 Å². The molecule has 5 rings (SSSR count). The van der Waals surface area contributed by atoms with Crippen LogP contribution in [0, 0.1) is 6.92 Å². The summed E-state index contributed by atoms with van der Waals surface area (Å²) in [5.74, 6) is 0.153. The SMILES string of the molecule is Cc1cc(OCc2nc(-c3ccc(N4CCCCC4)cc3)c(-c3ccc(OC(F)(F)F)cc3)o2)ccc1OCC(=O)O. The maximum atomic E-state index is 12.7. The lowest BCUT2D eigenvalue weighted by molar-refractivity contribution is -0.274. The molecule has 1 N–H and O–H groups in total. The first-order valence-electron chi connectivity index (χ1n) is 13.4. The number of alkyl halides is 3. The van der Waals surface area contributed by atoms with E-state index in [2.05, 4.69) is 14.6 Å².